The van der Waals surface area contributed by atoms with Crippen LogP contribution in [0.5, 0.6) is 5.75 Å². The molecule has 0 amide bonds. The third-order valence-electron chi connectivity index (χ3n) is 5.97. The average molecular weight is 435 g/mol. The Morgan fingerprint density at radius 1 is 1.03 bits per heavy atom. The van der Waals surface area contributed by atoms with Crippen molar-refractivity contribution in [2.24, 2.45) is 5.10 Å². The molecule has 6 nitrogen and oxygen atoms in total. The van der Waals surface area contributed by atoms with E-state index in [-0.39, 0.29) is 5.82 Å². The van der Waals surface area contributed by atoms with E-state index in [9.17, 15) is 13.2 Å². The highest BCUT2D eigenvalue weighted by Gasteiger charge is 2.40. The summed E-state index contributed by atoms with van der Waals surface area (Å²) in [6.07, 6.45) is 1.76. The van der Waals surface area contributed by atoms with Gasteiger partial charge in [0.2, 0.25) is 0 Å². The van der Waals surface area contributed by atoms with Gasteiger partial charge < -0.3 is 9.64 Å². The second kappa shape index (κ2) is 9.28. The Balaban J connectivity index is 1.34. The van der Waals surface area contributed by atoms with Crippen LogP contribution >= 0.6 is 0 Å². The molecule has 3 heterocycles. The molecule has 0 spiro atoms. The molecule has 31 heavy (non-hydrogen) atoms. The number of rotatable bonds is 6. The normalized spacial score (nSPS) is 17.4. The minimum absolute atomic E-state index is 0.267. The van der Waals surface area contributed by atoms with Gasteiger partial charge in [0.1, 0.15) is 11.6 Å². The highest BCUT2D eigenvalue weighted by atomic mass is 19.4. The minimum atomic E-state index is -4.56. The van der Waals surface area contributed by atoms with Crippen LogP contribution in [0.3, 0.4) is 0 Å². The van der Waals surface area contributed by atoms with Crippen molar-refractivity contribution in [3.05, 3.63) is 41.5 Å². The zero-order valence-corrected chi connectivity index (χ0v) is 17.7. The molecule has 0 N–H and O–H groups in total. The number of aryl methyl sites for hydroxylation is 1. The zero-order chi connectivity index (χ0) is 21.8. The monoisotopic (exact) mass is 435 g/mol. The zero-order valence-electron chi connectivity index (χ0n) is 17.7. The Labute approximate surface area is 180 Å². The van der Waals surface area contributed by atoms with Crippen LogP contribution < -0.4 is 4.74 Å². The van der Waals surface area contributed by atoms with E-state index < -0.39 is 12.0 Å². The predicted octanol–water partition coefficient (Wildman–Crippen LogP) is 4.85. The molecule has 1 fully saturated rings. The van der Waals surface area contributed by atoms with Gasteiger partial charge in [-0.1, -0.05) is 31.9 Å². The second-order valence-corrected chi connectivity index (χ2v) is 8.15. The summed E-state index contributed by atoms with van der Waals surface area (Å²) in [6, 6.07) is 8.33. The van der Waals surface area contributed by atoms with E-state index >= 15 is 0 Å². The fraction of sp³-hybridized carbons (Fsp3) is 0.591. The number of amidine groups is 1. The molecule has 0 unspecified atom stereocenters. The lowest BCUT2D eigenvalue weighted by Crippen LogP contribution is -2.40. The fourth-order valence-corrected chi connectivity index (χ4v) is 4.21. The number of benzene rings is 1. The number of halogens is 3. The molecular weight excluding hydrogens is 407 g/mol. The highest BCUT2D eigenvalue weighted by Crippen LogP contribution is 2.32. The topological polar surface area (TPSA) is 55.5 Å². The summed E-state index contributed by atoms with van der Waals surface area (Å²) >= 11 is 0. The fourth-order valence-electron chi connectivity index (χ4n) is 4.21. The number of fused-ring (bicyclic) bond motifs is 1. The summed E-state index contributed by atoms with van der Waals surface area (Å²) in [5.41, 5.74) is 1.28. The number of ether oxygens (including phenoxy) is 1. The van der Waals surface area contributed by atoms with Crippen molar-refractivity contribution in [2.75, 3.05) is 19.7 Å². The van der Waals surface area contributed by atoms with Gasteiger partial charge in [0.05, 0.1) is 6.61 Å². The third kappa shape index (κ3) is 5.02. The molecule has 1 saturated heterocycles. The van der Waals surface area contributed by atoms with Crippen LogP contribution in [0, 0.1) is 0 Å². The largest absolute Gasteiger partial charge is 0.494 e. The smallest absolute Gasteiger partial charge is 0.453 e. The predicted molar refractivity (Wildman–Crippen MR) is 111 cm³/mol. The molecule has 4 rings (SSSR count). The molecule has 0 saturated carbocycles. The lowest BCUT2D eigenvalue weighted by Gasteiger charge is -2.35. The number of piperidine rings is 1. The molecule has 1 aromatic heterocycles. The highest BCUT2D eigenvalue weighted by molar-refractivity contribution is 5.83. The Morgan fingerprint density at radius 2 is 1.77 bits per heavy atom. The Bertz CT molecular complexity index is 899. The third-order valence-corrected chi connectivity index (χ3v) is 5.97. The van der Waals surface area contributed by atoms with E-state index in [1.54, 1.807) is 0 Å². The molecule has 0 aliphatic carbocycles. The number of unbranched alkanes of at least 4 members (excludes halogenated alkanes) is 2. The maximum atomic E-state index is 13.1. The van der Waals surface area contributed by atoms with Crippen molar-refractivity contribution in [2.45, 2.75) is 64.0 Å². The van der Waals surface area contributed by atoms with Gasteiger partial charge in [-0.05, 0) is 42.9 Å². The minimum Gasteiger partial charge on any atom is -0.494 e. The van der Waals surface area contributed by atoms with Gasteiger partial charge >= 0.3 is 6.18 Å². The second-order valence-electron chi connectivity index (χ2n) is 8.15. The lowest BCUT2D eigenvalue weighted by atomic mass is 9.89. The van der Waals surface area contributed by atoms with Crippen LogP contribution in [0.15, 0.2) is 29.4 Å². The van der Waals surface area contributed by atoms with Crippen LogP contribution in [0.2, 0.25) is 0 Å². The molecule has 0 radical (unpaired) electrons. The van der Waals surface area contributed by atoms with Gasteiger partial charge in [-0.3, -0.25) is 0 Å². The first-order valence-corrected chi connectivity index (χ1v) is 11.0. The van der Waals surface area contributed by atoms with Gasteiger partial charge in [0.25, 0.3) is 5.82 Å². The van der Waals surface area contributed by atoms with Crippen molar-refractivity contribution in [1.29, 1.82) is 0 Å². The van der Waals surface area contributed by atoms with Gasteiger partial charge in [-0.15, -0.1) is 10.2 Å². The summed E-state index contributed by atoms with van der Waals surface area (Å²) < 4.78 is 46.1. The summed E-state index contributed by atoms with van der Waals surface area (Å²) in [5, 5.41) is 11.2. The molecule has 1 aromatic carbocycles. The molecule has 0 bridgehead atoms. The number of aromatic nitrogens is 3. The maximum absolute atomic E-state index is 13.1. The van der Waals surface area contributed by atoms with Crippen LogP contribution in [0.4, 0.5) is 13.2 Å². The number of hydrogen-bond donors (Lipinski definition) is 0. The van der Waals surface area contributed by atoms with Crippen molar-refractivity contribution in [1.82, 2.24) is 19.8 Å². The Morgan fingerprint density at radius 3 is 2.45 bits per heavy atom. The standard InChI is InChI=1S/C22H28F3N5O/c1-2-3-4-15-31-18-7-5-16(6-8-18)17-11-13-29(14-12-17)20-10-9-19-26-27-21(22(23,24)25)30(19)28-20/h5-8,17H,2-4,9-15H2,1H3. The van der Waals surface area contributed by atoms with Gasteiger partial charge in [-0.25, -0.2) is 0 Å². The SMILES string of the molecule is CCCCCOc1ccc(C2CCN(C3=Nn4c(nnc4C(F)(F)F)CC3)CC2)cc1. The molecular formula is C22H28F3N5O. The van der Waals surface area contributed by atoms with E-state index in [1.165, 1.54) is 18.4 Å². The average Bonchev–Trinajstić information content (AvgIpc) is 3.21. The molecule has 168 valence electrons. The van der Waals surface area contributed by atoms with Gasteiger partial charge in [-0.2, -0.15) is 22.9 Å². The number of nitrogens with zero attached hydrogens (tertiary/aromatic N) is 5. The first-order valence-electron chi connectivity index (χ1n) is 11.0. The van der Waals surface area contributed by atoms with Crippen molar-refractivity contribution >= 4 is 5.84 Å². The van der Waals surface area contributed by atoms with Crippen LogP contribution in [0.1, 0.15) is 68.6 Å². The maximum Gasteiger partial charge on any atom is 0.453 e. The first kappa shape index (κ1) is 21.6. The lowest BCUT2D eigenvalue weighted by molar-refractivity contribution is -0.147. The van der Waals surface area contributed by atoms with Crippen LogP contribution in [-0.2, 0) is 12.6 Å². The van der Waals surface area contributed by atoms with E-state index in [2.05, 4.69) is 39.3 Å². The van der Waals surface area contributed by atoms with E-state index in [0.29, 0.717) is 24.6 Å². The summed E-state index contributed by atoms with van der Waals surface area (Å²) in [5.74, 6) is 1.24. The van der Waals surface area contributed by atoms with E-state index in [0.717, 1.165) is 49.4 Å². The van der Waals surface area contributed by atoms with Gasteiger partial charge in [0.15, 0.2) is 5.82 Å². The van der Waals surface area contributed by atoms with Crippen LogP contribution in [-0.4, -0.2) is 45.3 Å². The van der Waals surface area contributed by atoms with E-state index in [1.807, 2.05) is 12.1 Å². The molecule has 2 aromatic rings. The summed E-state index contributed by atoms with van der Waals surface area (Å²) in [6.45, 7) is 4.47. The molecule has 0 atom stereocenters. The van der Waals surface area contributed by atoms with Crippen molar-refractivity contribution in [3.8, 4) is 5.75 Å². The van der Waals surface area contributed by atoms with Crippen molar-refractivity contribution < 1.29 is 17.9 Å². The Hall–Kier alpha value is -2.58. The Kier molecular flexibility index (Phi) is 6.48. The summed E-state index contributed by atoms with van der Waals surface area (Å²) in [7, 11) is 0. The van der Waals surface area contributed by atoms with Crippen LogP contribution in [0.25, 0.3) is 0 Å². The van der Waals surface area contributed by atoms with Gasteiger partial charge in [0, 0.05) is 25.9 Å². The molecule has 2 aliphatic rings. The van der Waals surface area contributed by atoms with E-state index in [4.69, 9.17) is 4.74 Å². The quantitative estimate of drug-likeness (QED) is 0.609. The molecule has 9 heteroatoms. The number of hydrogen-bond acceptors (Lipinski definition) is 5. The molecule has 2 aliphatic heterocycles. The number of likely N-dealkylation sites (tertiary alicyclic amines) is 1. The number of alkyl halides is 3. The first-order chi connectivity index (χ1) is 15.0. The van der Waals surface area contributed by atoms with Crippen molar-refractivity contribution in [3.63, 3.8) is 0 Å². The summed E-state index contributed by atoms with van der Waals surface area (Å²) in [4.78, 5) is 2.10.